The Bertz CT molecular complexity index is 582. The first-order valence-corrected chi connectivity index (χ1v) is 7.12. The van der Waals surface area contributed by atoms with Gasteiger partial charge in [0.2, 0.25) is 0 Å². The van der Waals surface area contributed by atoms with Gasteiger partial charge in [-0.3, -0.25) is 0 Å². The van der Waals surface area contributed by atoms with Crippen molar-refractivity contribution < 1.29 is 4.74 Å². The highest BCUT2D eigenvalue weighted by molar-refractivity contribution is 6.33. The Hall–Kier alpha value is -0.890. The van der Waals surface area contributed by atoms with E-state index in [4.69, 9.17) is 39.5 Å². The first-order valence-electron chi connectivity index (χ1n) is 5.83. The molecule has 0 fully saturated rings. The molecule has 0 aliphatic rings. The van der Waals surface area contributed by atoms with Gasteiger partial charge in [0, 0.05) is 21.2 Å². The smallest absolute Gasteiger partial charge is 0.127 e. The SMILES string of the molecule is Cc1cccc(CCl)c1OCc1cc(Cl)ccc1Cl. The van der Waals surface area contributed by atoms with E-state index in [1.54, 1.807) is 12.1 Å². The van der Waals surface area contributed by atoms with Crippen molar-refractivity contribution >= 4 is 34.8 Å². The number of hydrogen-bond donors (Lipinski definition) is 0. The number of para-hydroxylation sites is 1. The Morgan fingerprint density at radius 3 is 2.58 bits per heavy atom. The average Bonchev–Trinajstić information content (AvgIpc) is 2.40. The Kier molecular flexibility index (Phi) is 4.98. The molecule has 0 unspecified atom stereocenters. The fraction of sp³-hybridized carbons (Fsp3) is 0.200. The van der Waals surface area contributed by atoms with Crippen molar-refractivity contribution in [2.75, 3.05) is 0 Å². The summed E-state index contributed by atoms with van der Waals surface area (Å²) in [6.07, 6.45) is 0. The largest absolute Gasteiger partial charge is 0.488 e. The van der Waals surface area contributed by atoms with Crippen molar-refractivity contribution in [2.24, 2.45) is 0 Å². The second kappa shape index (κ2) is 6.51. The Morgan fingerprint density at radius 2 is 1.84 bits per heavy atom. The molecule has 100 valence electrons. The summed E-state index contributed by atoms with van der Waals surface area (Å²) in [5, 5.41) is 1.29. The van der Waals surface area contributed by atoms with Crippen LogP contribution >= 0.6 is 34.8 Å². The fourth-order valence-corrected chi connectivity index (χ4v) is 2.41. The predicted octanol–water partition coefficient (Wildman–Crippen LogP) is 5.62. The van der Waals surface area contributed by atoms with Crippen molar-refractivity contribution in [2.45, 2.75) is 19.4 Å². The van der Waals surface area contributed by atoms with Gasteiger partial charge in [-0.05, 0) is 30.7 Å². The van der Waals surface area contributed by atoms with Crippen LogP contribution in [0.5, 0.6) is 5.75 Å². The molecule has 0 saturated carbocycles. The first kappa shape index (κ1) is 14.5. The van der Waals surface area contributed by atoms with E-state index >= 15 is 0 Å². The molecule has 0 amide bonds. The third kappa shape index (κ3) is 3.56. The maximum absolute atomic E-state index is 6.11. The summed E-state index contributed by atoms with van der Waals surface area (Å²) in [7, 11) is 0. The summed E-state index contributed by atoms with van der Waals surface area (Å²) in [6, 6.07) is 11.2. The standard InChI is InChI=1S/C15H13Cl3O/c1-10-3-2-4-11(8-16)15(10)19-9-12-7-13(17)5-6-14(12)18/h2-7H,8-9H2,1H3. The third-order valence-corrected chi connectivity index (χ3v) is 3.71. The first-order chi connectivity index (χ1) is 9.11. The van der Waals surface area contributed by atoms with Crippen LogP contribution in [-0.2, 0) is 12.5 Å². The lowest BCUT2D eigenvalue weighted by atomic mass is 10.1. The summed E-state index contributed by atoms with van der Waals surface area (Å²) >= 11 is 18.0. The normalized spacial score (nSPS) is 10.5. The Labute approximate surface area is 128 Å². The van der Waals surface area contributed by atoms with Gasteiger partial charge in [-0.15, -0.1) is 11.6 Å². The summed E-state index contributed by atoms with van der Waals surface area (Å²) in [5.41, 5.74) is 2.88. The van der Waals surface area contributed by atoms with Crippen LogP contribution in [0.4, 0.5) is 0 Å². The maximum atomic E-state index is 6.11. The lowest BCUT2D eigenvalue weighted by Crippen LogP contribution is -2.00. The molecule has 19 heavy (non-hydrogen) atoms. The molecule has 2 rings (SSSR count). The Balaban J connectivity index is 2.21. The van der Waals surface area contributed by atoms with E-state index in [9.17, 15) is 0 Å². The fourth-order valence-electron chi connectivity index (χ4n) is 1.83. The van der Waals surface area contributed by atoms with Crippen LogP contribution in [0.3, 0.4) is 0 Å². The highest BCUT2D eigenvalue weighted by atomic mass is 35.5. The molecule has 0 spiro atoms. The molecule has 0 N–H and O–H groups in total. The molecule has 0 bridgehead atoms. The summed E-state index contributed by atoms with van der Waals surface area (Å²) in [6.45, 7) is 2.36. The van der Waals surface area contributed by atoms with Crippen LogP contribution in [0, 0.1) is 6.92 Å². The number of rotatable bonds is 4. The molecule has 0 aliphatic heterocycles. The number of hydrogen-bond acceptors (Lipinski definition) is 1. The van der Waals surface area contributed by atoms with Gasteiger partial charge in [0.1, 0.15) is 12.4 Å². The molecule has 0 aliphatic carbocycles. The molecular formula is C15H13Cl3O. The zero-order chi connectivity index (χ0) is 13.8. The molecule has 0 radical (unpaired) electrons. The van der Waals surface area contributed by atoms with E-state index in [1.165, 1.54) is 0 Å². The van der Waals surface area contributed by atoms with E-state index in [2.05, 4.69) is 0 Å². The zero-order valence-electron chi connectivity index (χ0n) is 10.4. The monoisotopic (exact) mass is 314 g/mol. The van der Waals surface area contributed by atoms with Crippen LogP contribution in [0.2, 0.25) is 10.0 Å². The van der Waals surface area contributed by atoms with E-state index in [1.807, 2.05) is 31.2 Å². The second-order valence-corrected chi connectivity index (χ2v) is 5.33. The zero-order valence-corrected chi connectivity index (χ0v) is 12.7. The van der Waals surface area contributed by atoms with Crippen molar-refractivity contribution in [3.05, 3.63) is 63.1 Å². The third-order valence-electron chi connectivity index (χ3n) is 2.82. The highest BCUT2D eigenvalue weighted by Gasteiger charge is 2.08. The predicted molar refractivity (Wildman–Crippen MR) is 81.5 cm³/mol. The summed E-state index contributed by atoms with van der Waals surface area (Å²) in [5.74, 6) is 1.23. The molecule has 0 saturated heterocycles. The number of benzene rings is 2. The van der Waals surface area contributed by atoms with Gasteiger partial charge in [0.15, 0.2) is 0 Å². The highest BCUT2D eigenvalue weighted by Crippen LogP contribution is 2.27. The molecule has 4 heteroatoms. The van der Waals surface area contributed by atoms with Gasteiger partial charge < -0.3 is 4.74 Å². The molecule has 1 nitrogen and oxygen atoms in total. The van der Waals surface area contributed by atoms with Crippen molar-refractivity contribution in [1.82, 2.24) is 0 Å². The van der Waals surface area contributed by atoms with Gasteiger partial charge in [-0.1, -0.05) is 41.4 Å². The number of aryl methyl sites for hydroxylation is 1. The van der Waals surface area contributed by atoms with Crippen molar-refractivity contribution in [3.63, 3.8) is 0 Å². The minimum atomic E-state index is 0.369. The van der Waals surface area contributed by atoms with E-state index in [0.29, 0.717) is 22.5 Å². The number of halogens is 3. The molecule has 2 aromatic rings. The topological polar surface area (TPSA) is 9.23 Å². The molecular weight excluding hydrogens is 303 g/mol. The van der Waals surface area contributed by atoms with Gasteiger partial charge in [0.05, 0.1) is 5.88 Å². The van der Waals surface area contributed by atoms with Gasteiger partial charge >= 0.3 is 0 Å². The van der Waals surface area contributed by atoms with E-state index in [0.717, 1.165) is 22.4 Å². The van der Waals surface area contributed by atoms with Crippen LogP contribution in [0.25, 0.3) is 0 Å². The number of ether oxygens (including phenoxy) is 1. The molecule has 0 aromatic heterocycles. The van der Waals surface area contributed by atoms with Crippen LogP contribution < -0.4 is 4.74 Å². The van der Waals surface area contributed by atoms with Crippen LogP contribution in [0.15, 0.2) is 36.4 Å². The van der Waals surface area contributed by atoms with Gasteiger partial charge in [0.25, 0.3) is 0 Å². The average molecular weight is 316 g/mol. The quantitative estimate of drug-likeness (QED) is 0.665. The minimum Gasteiger partial charge on any atom is -0.488 e. The van der Waals surface area contributed by atoms with Gasteiger partial charge in [-0.25, -0.2) is 0 Å². The van der Waals surface area contributed by atoms with E-state index < -0.39 is 0 Å². The second-order valence-electron chi connectivity index (χ2n) is 4.22. The van der Waals surface area contributed by atoms with Crippen LogP contribution in [0.1, 0.15) is 16.7 Å². The molecule has 2 aromatic carbocycles. The van der Waals surface area contributed by atoms with E-state index in [-0.39, 0.29) is 0 Å². The molecule has 0 heterocycles. The minimum absolute atomic E-state index is 0.369. The number of alkyl halides is 1. The maximum Gasteiger partial charge on any atom is 0.127 e. The van der Waals surface area contributed by atoms with Crippen LogP contribution in [-0.4, -0.2) is 0 Å². The summed E-state index contributed by atoms with van der Waals surface area (Å²) in [4.78, 5) is 0. The molecule has 0 atom stereocenters. The van der Waals surface area contributed by atoms with Gasteiger partial charge in [-0.2, -0.15) is 0 Å². The van der Waals surface area contributed by atoms with Crippen molar-refractivity contribution in [1.29, 1.82) is 0 Å². The van der Waals surface area contributed by atoms with Crippen molar-refractivity contribution in [3.8, 4) is 5.75 Å². The Morgan fingerprint density at radius 1 is 1.05 bits per heavy atom. The summed E-state index contributed by atoms with van der Waals surface area (Å²) < 4.78 is 5.85. The lowest BCUT2D eigenvalue weighted by Gasteiger charge is -2.13. The lowest BCUT2D eigenvalue weighted by molar-refractivity contribution is 0.302.